The molecule has 1 aromatic heterocycles. The van der Waals surface area contributed by atoms with Crippen molar-refractivity contribution in [3.05, 3.63) is 59.0 Å². The topological polar surface area (TPSA) is 47.6 Å². The molecule has 144 valence electrons. The van der Waals surface area contributed by atoms with Crippen molar-refractivity contribution in [2.45, 2.75) is 19.7 Å². The standard InChI is InChI=1S/C20H14F3NO3S/c1-2-11-7-18(28-10-11)12-3-5-16-14(8-12)19(25)24-15-9-13(27-20(21,22)23)4-6-17(15)26-16/h3-10H,2H2,1H3,(H,24,25). The summed E-state index contributed by atoms with van der Waals surface area (Å²) < 4.78 is 47.0. The maximum absolute atomic E-state index is 12.7. The summed E-state index contributed by atoms with van der Waals surface area (Å²) in [6, 6.07) is 10.9. The molecule has 0 fully saturated rings. The lowest BCUT2D eigenvalue weighted by Crippen LogP contribution is -2.17. The summed E-state index contributed by atoms with van der Waals surface area (Å²) in [5.74, 6) is -0.338. The number of hydrogen-bond donors (Lipinski definition) is 1. The molecule has 8 heteroatoms. The van der Waals surface area contributed by atoms with Gasteiger partial charge in [-0.2, -0.15) is 0 Å². The molecule has 0 atom stereocenters. The molecule has 0 aliphatic carbocycles. The monoisotopic (exact) mass is 405 g/mol. The summed E-state index contributed by atoms with van der Waals surface area (Å²) >= 11 is 1.58. The highest BCUT2D eigenvalue weighted by Gasteiger charge is 2.32. The number of carbonyl (C=O) groups is 1. The van der Waals surface area contributed by atoms with Gasteiger partial charge in [0.15, 0.2) is 5.75 Å². The second kappa shape index (κ2) is 6.87. The van der Waals surface area contributed by atoms with E-state index < -0.39 is 18.0 Å². The fourth-order valence-electron chi connectivity index (χ4n) is 2.86. The molecule has 0 saturated carbocycles. The predicted molar refractivity (Wildman–Crippen MR) is 100 cm³/mol. The molecule has 1 amide bonds. The van der Waals surface area contributed by atoms with Crippen LogP contribution in [0, 0.1) is 0 Å². The van der Waals surface area contributed by atoms with Crippen molar-refractivity contribution in [2.24, 2.45) is 0 Å². The van der Waals surface area contributed by atoms with E-state index in [4.69, 9.17) is 4.74 Å². The summed E-state index contributed by atoms with van der Waals surface area (Å²) in [6.07, 6.45) is -3.90. The molecular weight excluding hydrogens is 391 g/mol. The molecule has 4 nitrogen and oxygen atoms in total. The third-order valence-corrected chi connectivity index (χ3v) is 5.25. The van der Waals surface area contributed by atoms with E-state index in [0.29, 0.717) is 11.3 Å². The van der Waals surface area contributed by atoms with E-state index in [9.17, 15) is 18.0 Å². The summed E-state index contributed by atoms with van der Waals surface area (Å²) in [4.78, 5) is 13.7. The number of halogens is 3. The molecule has 3 aromatic rings. The van der Waals surface area contributed by atoms with Crippen LogP contribution < -0.4 is 14.8 Å². The van der Waals surface area contributed by atoms with Gasteiger partial charge in [-0.25, -0.2) is 0 Å². The van der Waals surface area contributed by atoms with Gasteiger partial charge in [0, 0.05) is 10.9 Å². The minimum absolute atomic E-state index is 0.105. The van der Waals surface area contributed by atoms with Crippen LogP contribution in [0.3, 0.4) is 0 Å². The fourth-order valence-corrected chi connectivity index (χ4v) is 3.86. The Balaban J connectivity index is 1.67. The van der Waals surface area contributed by atoms with Crippen molar-refractivity contribution < 1.29 is 27.4 Å². The van der Waals surface area contributed by atoms with Gasteiger partial charge < -0.3 is 14.8 Å². The lowest BCUT2D eigenvalue weighted by atomic mass is 10.1. The van der Waals surface area contributed by atoms with Crippen molar-refractivity contribution in [3.8, 4) is 27.7 Å². The Morgan fingerprint density at radius 2 is 1.89 bits per heavy atom. The average molecular weight is 405 g/mol. The van der Waals surface area contributed by atoms with Crippen LogP contribution in [0.25, 0.3) is 10.4 Å². The zero-order valence-electron chi connectivity index (χ0n) is 14.6. The van der Waals surface area contributed by atoms with E-state index in [1.807, 2.05) is 6.07 Å². The maximum Gasteiger partial charge on any atom is 0.573 e. The van der Waals surface area contributed by atoms with Gasteiger partial charge in [-0.15, -0.1) is 24.5 Å². The number of thiophene rings is 1. The van der Waals surface area contributed by atoms with Crippen molar-refractivity contribution in [1.82, 2.24) is 0 Å². The Morgan fingerprint density at radius 3 is 2.61 bits per heavy atom. The van der Waals surface area contributed by atoms with Crippen LogP contribution in [0.5, 0.6) is 17.2 Å². The van der Waals surface area contributed by atoms with E-state index in [0.717, 1.165) is 29.0 Å². The van der Waals surface area contributed by atoms with Gasteiger partial charge >= 0.3 is 6.36 Å². The van der Waals surface area contributed by atoms with Crippen LogP contribution in [0.2, 0.25) is 0 Å². The number of alkyl halides is 3. The molecule has 0 saturated heterocycles. The molecule has 1 N–H and O–H groups in total. The van der Waals surface area contributed by atoms with Crippen LogP contribution in [0.1, 0.15) is 22.8 Å². The van der Waals surface area contributed by atoms with Gasteiger partial charge in [0.25, 0.3) is 5.91 Å². The molecule has 2 aromatic carbocycles. The first kappa shape index (κ1) is 18.4. The SMILES string of the molecule is CCc1csc(-c2ccc3c(c2)C(=O)Nc2cc(OC(F)(F)F)ccc2O3)c1. The quantitative estimate of drug-likeness (QED) is 0.562. The number of aryl methyl sites for hydroxylation is 1. The molecule has 0 radical (unpaired) electrons. The number of fused-ring (bicyclic) bond motifs is 2. The predicted octanol–water partition coefficient (Wildman–Crippen LogP) is 6.23. The number of hydrogen-bond acceptors (Lipinski definition) is 4. The molecule has 4 rings (SSSR count). The average Bonchev–Trinajstić information content (AvgIpc) is 3.07. The zero-order valence-corrected chi connectivity index (χ0v) is 15.4. The van der Waals surface area contributed by atoms with Gasteiger partial charge in [0.1, 0.15) is 11.5 Å². The summed E-state index contributed by atoms with van der Waals surface area (Å²) in [5, 5.41) is 4.66. The lowest BCUT2D eigenvalue weighted by Gasteiger charge is -2.12. The number of amides is 1. The number of carbonyl (C=O) groups excluding carboxylic acids is 1. The van der Waals surface area contributed by atoms with E-state index in [2.05, 4.69) is 28.4 Å². The van der Waals surface area contributed by atoms with E-state index in [1.54, 1.807) is 23.5 Å². The van der Waals surface area contributed by atoms with Crippen molar-refractivity contribution >= 4 is 22.9 Å². The van der Waals surface area contributed by atoms with Crippen molar-refractivity contribution in [1.29, 1.82) is 0 Å². The first-order valence-corrected chi connectivity index (χ1v) is 9.31. The molecule has 0 bridgehead atoms. The Kier molecular flexibility index (Phi) is 4.50. The van der Waals surface area contributed by atoms with E-state index in [-0.39, 0.29) is 11.4 Å². The Bertz CT molecular complexity index is 1060. The molecular formula is C20H14F3NO3S. The number of benzene rings is 2. The van der Waals surface area contributed by atoms with Gasteiger partial charge in [-0.05, 0) is 59.3 Å². The van der Waals surface area contributed by atoms with Crippen LogP contribution in [-0.2, 0) is 6.42 Å². The number of anilines is 1. The molecule has 1 aliphatic rings. The first-order valence-electron chi connectivity index (χ1n) is 8.43. The Labute approximate surface area is 162 Å². The summed E-state index contributed by atoms with van der Waals surface area (Å²) in [6.45, 7) is 2.07. The highest BCUT2D eigenvalue weighted by Crippen LogP contribution is 2.40. The smallest absolute Gasteiger partial charge is 0.454 e. The number of ether oxygens (including phenoxy) is 2. The van der Waals surface area contributed by atoms with Crippen LogP contribution >= 0.6 is 11.3 Å². The first-order chi connectivity index (χ1) is 13.3. The Hall–Kier alpha value is -3.00. The molecule has 2 heterocycles. The highest BCUT2D eigenvalue weighted by atomic mass is 32.1. The largest absolute Gasteiger partial charge is 0.573 e. The normalized spacial score (nSPS) is 13.1. The van der Waals surface area contributed by atoms with Crippen LogP contribution in [-0.4, -0.2) is 12.3 Å². The van der Waals surface area contributed by atoms with E-state index >= 15 is 0 Å². The minimum atomic E-state index is -4.82. The van der Waals surface area contributed by atoms with Crippen LogP contribution in [0.15, 0.2) is 47.8 Å². The fraction of sp³-hybridized carbons (Fsp3) is 0.150. The summed E-state index contributed by atoms with van der Waals surface area (Å²) in [7, 11) is 0. The summed E-state index contributed by atoms with van der Waals surface area (Å²) in [5.41, 5.74) is 2.49. The molecule has 1 aliphatic heterocycles. The highest BCUT2D eigenvalue weighted by molar-refractivity contribution is 7.13. The zero-order chi connectivity index (χ0) is 19.9. The number of nitrogens with one attached hydrogen (secondary N) is 1. The van der Waals surface area contributed by atoms with Gasteiger partial charge in [-0.1, -0.05) is 6.92 Å². The van der Waals surface area contributed by atoms with Crippen molar-refractivity contribution in [3.63, 3.8) is 0 Å². The molecule has 0 unspecified atom stereocenters. The third-order valence-electron chi connectivity index (χ3n) is 4.22. The second-order valence-corrected chi connectivity index (χ2v) is 7.06. The van der Waals surface area contributed by atoms with E-state index in [1.165, 1.54) is 11.6 Å². The molecule has 28 heavy (non-hydrogen) atoms. The molecule has 0 spiro atoms. The Morgan fingerprint density at radius 1 is 1.11 bits per heavy atom. The number of rotatable bonds is 3. The van der Waals surface area contributed by atoms with Gasteiger partial charge in [0.2, 0.25) is 0 Å². The lowest BCUT2D eigenvalue weighted by molar-refractivity contribution is -0.274. The van der Waals surface area contributed by atoms with Crippen molar-refractivity contribution in [2.75, 3.05) is 5.32 Å². The maximum atomic E-state index is 12.7. The minimum Gasteiger partial charge on any atom is -0.454 e. The van der Waals surface area contributed by atoms with Crippen LogP contribution in [0.4, 0.5) is 18.9 Å². The second-order valence-electron chi connectivity index (χ2n) is 6.15. The van der Waals surface area contributed by atoms with Gasteiger partial charge in [-0.3, -0.25) is 4.79 Å². The third kappa shape index (κ3) is 3.68. The van der Waals surface area contributed by atoms with Gasteiger partial charge in [0.05, 0.1) is 11.3 Å².